The van der Waals surface area contributed by atoms with Crippen molar-refractivity contribution in [2.24, 2.45) is 0 Å². The fourth-order valence-corrected chi connectivity index (χ4v) is 4.13. The molecule has 4 aromatic rings. The molecule has 3 heterocycles. The Hall–Kier alpha value is -2.70. The molecular weight excluding hydrogens is 380 g/mol. The number of benzene rings is 1. The van der Waals surface area contributed by atoms with Gasteiger partial charge in [-0.15, -0.1) is 0 Å². The van der Waals surface area contributed by atoms with Gasteiger partial charge < -0.3 is 4.90 Å². The van der Waals surface area contributed by atoms with E-state index in [0.29, 0.717) is 15.0 Å². The number of pyridine rings is 1. The molecule has 0 aliphatic carbocycles. The van der Waals surface area contributed by atoms with Crippen LogP contribution in [0.25, 0.3) is 16.8 Å². The van der Waals surface area contributed by atoms with Gasteiger partial charge in [0.2, 0.25) is 0 Å². The maximum Gasteiger partial charge on any atom is 0.287 e. The highest BCUT2D eigenvalue weighted by atomic mass is 35.5. The third-order valence-electron chi connectivity index (χ3n) is 4.22. The standard InChI is InChI=1S/C20H17ClN4OS/c1-13(2)25(14-8-4-3-5-9-14)20(26)19-23-17(18(21)27-19)15-12-22-24-11-7-6-10-16(15)24/h3-13H,1-2H3. The zero-order valence-electron chi connectivity index (χ0n) is 14.8. The van der Waals surface area contributed by atoms with Crippen molar-refractivity contribution in [2.75, 3.05) is 4.90 Å². The molecule has 136 valence electrons. The number of amides is 1. The molecule has 0 aliphatic heterocycles. The quantitative estimate of drug-likeness (QED) is 0.478. The van der Waals surface area contributed by atoms with Crippen molar-refractivity contribution in [1.82, 2.24) is 14.6 Å². The number of para-hydroxylation sites is 1. The van der Waals surface area contributed by atoms with Crippen molar-refractivity contribution in [3.63, 3.8) is 0 Å². The molecule has 5 nitrogen and oxygen atoms in total. The van der Waals surface area contributed by atoms with Crippen LogP contribution in [0.5, 0.6) is 0 Å². The molecule has 0 aliphatic rings. The number of hydrogen-bond acceptors (Lipinski definition) is 4. The second-order valence-corrected chi connectivity index (χ2v) is 7.94. The number of hydrogen-bond donors (Lipinski definition) is 0. The van der Waals surface area contributed by atoms with Gasteiger partial charge in [-0.25, -0.2) is 9.50 Å². The van der Waals surface area contributed by atoms with Crippen LogP contribution in [0.1, 0.15) is 23.6 Å². The summed E-state index contributed by atoms with van der Waals surface area (Å²) in [7, 11) is 0. The van der Waals surface area contributed by atoms with E-state index in [0.717, 1.165) is 16.8 Å². The zero-order valence-corrected chi connectivity index (χ0v) is 16.4. The first kappa shape index (κ1) is 17.7. The number of fused-ring (bicyclic) bond motifs is 1. The van der Waals surface area contributed by atoms with Crippen molar-refractivity contribution < 1.29 is 4.79 Å². The summed E-state index contributed by atoms with van der Waals surface area (Å²) in [4.78, 5) is 19.5. The third kappa shape index (κ3) is 3.22. The molecule has 3 aromatic heterocycles. The zero-order chi connectivity index (χ0) is 19.0. The van der Waals surface area contributed by atoms with Gasteiger partial charge >= 0.3 is 0 Å². The summed E-state index contributed by atoms with van der Waals surface area (Å²) in [5.41, 5.74) is 3.13. The molecule has 4 rings (SSSR count). The Morgan fingerprint density at radius 1 is 1.15 bits per heavy atom. The Balaban J connectivity index is 1.75. The molecule has 0 spiro atoms. The Morgan fingerprint density at radius 2 is 1.89 bits per heavy atom. The third-order valence-corrected chi connectivity index (χ3v) is 5.46. The molecule has 7 heteroatoms. The van der Waals surface area contributed by atoms with Crippen LogP contribution in [-0.2, 0) is 0 Å². The Bertz CT molecular complexity index is 1100. The van der Waals surface area contributed by atoms with Gasteiger partial charge in [0, 0.05) is 23.5 Å². The first-order chi connectivity index (χ1) is 13.1. The summed E-state index contributed by atoms with van der Waals surface area (Å²) in [6.45, 7) is 3.96. The summed E-state index contributed by atoms with van der Waals surface area (Å²) < 4.78 is 2.24. The van der Waals surface area contributed by atoms with Crippen LogP contribution in [0.4, 0.5) is 5.69 Å². The van der Waals surface area contributed by atoms with E-state index in [9.17, 15) is 4.79 Å². The second-order valence-electron chi connectivity index (χ2n) is 6.33. The maximum absolute atomic E-state index is 13.2. The minimum atomic E-state index is -0.161. The van der Waals surface area contributed by atoms with E-state index < -0.39 is 0 Å². The lowest BCUT2D eigenvalue weighted by molar-refractivity contribution is 0.0980. The van der Waals surface area contributed by atoms with Gasteiger partial charge in [-0.2, -0.15) is 5.10 Å². The highest BCUT2D eigenvalue weighted by Gasteiger charge is 2.26. The van der Waals surface area contributed by atoms with Gasteiger partial charge in [0.15, 0.2) is 5.01 Å². The largest absolute Gasteiger partial charge is 0.304 e. The van der Waals surface area contributed by atoms with Crippen LogP contribution in [0.15, 0.2) is 60.9 Å². The molecule has 0 bridgehead atoms. The predicted molar refractivity (Wildman–Crippen MR) is 110 cm³/mol. The number of anilines is 1. The SMILES string of the molecule is CC(C)N(C(=O)c1nc(-c2cnn3ccccc23)c(Cl)s1)c1ccccc1. The number of carbonyl (C=O) groups is 1. The molecule has 1 amide bonds. The Kier molecular flexibility index (Phi) is 4.68. The number of carbonyl (C=O) groups excluding carboxylic acids is 1. The first-order valence-corrected chi connectivity index (χ1v) is 9.73. The van der Waals surface area contributed by atoms with Gasteiger partial charge in [-0.05, 0) is 38.1 Å². The molecule has 0 radical (unpaired) electrons. The summed E-state index contributed by atoms with van der Waals surface area (Å²) in [5, 5.41) is 4.69. The summed E-state index contributed by atoms with van der Waals surface area (Å²) in [6.07, 6.45) is 3.59. The Labute approximate surface area is 165 Å². The number of aromatic nitrogens is 3. The maximum atomic E-state index is 13.2. The summed E-state index contributed by atoms with van der Waals surface area (Å²) in [5.74, 6) is -0.161. The van der Waals surface area contributed by atoms with Crippen LogP contribution in [0.3, 0.4) is 0 Å². The van der Waals surface area contributed by atoms with Crippen molar-refractivity contribution in [2.45, 2.75) is 19.9 Å². The number of thiazole rings is 1. The normalized spacial score (nSPS) is 11.3. The Morgan fingerprint density at radius 3 is 2.63 bits per heavy atom. The smallest absolute Gasteiger partial charge is 0.287 e. The minimum absolute atomic E-state index is 0.0111. The van der Waals surface area contributed by atoms with Crippen LogP contribution in [-0.4, -0.2) is 26.5 Å². The lowest BCUT2D eigenvalue weighted by Gasteiger charge is -2.25. The van der Waals surface area contributed by atoms with E-state index in [1.165, 1.54) is 11.3 Å². The van der Waals surface area contributed by atoms with Crippen molar-refractivity contribution in [3.8, 4) is 11.3 Å². The average Bonchev–Trinajstić information content (AvgIpc) is 3.25. The van der Waals surface area contributed by atoms with Crippen LogP contribution >= 0.6 is 22.9 Å². The van der Waals surface area contributed by atoms with Gasteiger partial charge in [-0.1, -0.05) is 47.2 Å². The molecule has 0 saturated heterocycles. The van der Waals surface area contributed by atoms with E-state index in [1.54, 1.807) is 15.6 Å². The van der Waals surface area contributed by atoms with E-state index in [1.807, 2.05) is 68.6 Å². The molecule has 0 saturated carbocycles. The van der Waals surface area contributed by atoms with Crippen LogP contribution in [0.2, 0.25) is 4.34 Å². The molecule has 0 N–H and O–H groups in total. The average molecular weight is 397 g/mol. The molecular formula is C20H17ClN4OS. The van der Waals surface area contributed by atoms with Crippen molar-refractivity contribution in [3.05, 3.63) is 70.3 Å². The van der Waals surface area contributed by atoms with Crippen molar-refractivity contribution in [1.29, 1.82) is 0 Å². The minimum Gasteiger partial charge on any atom is -0.304 e. The van der Waals surface area contributed by atoms with Crippen LogP contribution in [0, 0.1) is 0 Å². The van der Waals surface area contributed by atoms with E-state index in [4.69, 9.17) is 11.6 Å². The van der Waals surface area contributed by atoms with E-state index in [2.05, 4.69) is 10.1 Å². The number of halogens is 1. The fraction of sp³-hybridized carbons (Fsp3) is 0.150. The van der Waals surface area contributed by atoms with Gasteiger partial charge in [0.1, 0.15) is 10.0 Å². The van der Waals surface area contributed by atoms with Crippen LogP contribution < -0.4 is 4.90 Å². The number of rotatable bonds is 4. The van der Waals surface area contributed by atoms with Gasteiger partial charge in [0.25, 0.3) is 5.91 Å². The fourth-order valence-electron chi connectivity index (χ4n) is 3.02. The molecule has 1 aromatic carbocycles. The molecule has 0 atom stereocenters. The number of nitrogens with zero attached hydrogens (tertiary/aromatic N) is 4. The lowest BCUT2D eigenvalue weighted by atomic mass is 10.2. The molecule has 27 heavy (non-hydrogen) atoms. The summed E-state index contributed by atoms with van der Waals surface area (Å²) >= 11 is 7.66. The predicted octanol–water partition coefficient (Wildman–Crippen LogP) is 5.17. The van der Waals surface area contributed by atoms with E-state index in [-0.39, 0.29) is 11.9 Å². The lowest BCUT2D eigenvalue weighted by Crippen LogP contribution is -2.36. The monoisotopic (exact) mass is 396 g/mol. The van der Waals surface area contributed by atoms with E-state index >= 15 is 0 Å². The molecule has 0 unspecified atom stereocenters. The topological polar surface area (TPSA) is 50.5 Å². The highest BCUT2D eigenvalue weighted by Crippen LogP contribution is 2.35. The highest BCUT2D eigenvalue weighted by molar-refractivity contribution is 7.18. The molecule has 0 fully saturated rings. The second kappa shape index (κ2) is 7.13. The van der Waals surface area contributed by atoms with Gasteiger partial charge in [-0.3, -0.25) is 4.79 Å². The first-order valence-electron chi connectivity index (χ1n) is 8.54. The summed E-state index contributed by atoms with van der Waals surface area (Å²) in [6, 6.07) is 15.4. The van der Waals surface area contributed by atoms with Gasteiger partial charge in [0.05, 0.1) is 11.7 Å². The van der Waals surface area contributed by atoms with Crippen molar-refractivity contribution >= 4 is 40.0 Å².